The highest BCUT2D eigenvalue weighted by Gasteiger charge is 2.31. The van der Waals surface area contributed by atoms with E-state index in [2.05, 4.69) is 12.2 Å². The lowest BCUT2D eigenvalue weighted by Gasteiger charge is -2.24. The summed E-state index contributed by atoms with van der Waals surface area (Å²) in [7, 11) is 0. The predicted molar refractivity (Wildman–Crippen MR) is 75.6 cm³/mol. The van der Waals surface area contributed by atoms with Gasteiger partial charge in [0, 0.05) is 24.6 Å². The highest BCUT2D eigenvalue weighted by Crippen LogP contribution is 2.34. The average Bonchev–Trinajstić information content (AvgIpc) is 2.90. The molecule has 1 atom stereocenters. The van der Waals surface area contributed by atoms with Crippen LogP contribution in [0.25, 0.3) is 0 Å². The summed E-state index contributed by atoms with van der Waals surface area (Å²) in [4.78, 5) is 24.8. The van der Waals surface area contributed by atoms with Crippen LogP contribution in [0.5, 0.6) is 0 Å². The Morgan fingerprint density at radius 2 is 2.20 bits per heavy atom. The molecule has 1 heterocycles. The SMILES string of the molecule is O=C([C@H]1CC=CCC1)N1CCc2ccc([N+](=O)[O-])cc21. The third-order valence-electron chi connectivity index (χ3n) is 4.06. The minimum atomic E-state index is -0.412. The van der Waals surface area contributed by atoms with Gasteiger partial charge in [-0.15, -0.1) is 0 Å². The van der Waals surface area contributed by atoms with Crippen molar-refractivity contribution in [3.8, 4) is 0 Å². The molecule has 0 fully saturated rings. The van der Waals surface area contributed by atoms with Crippen molar-refractivity contribution < 1.29 is 9.72 Å². The zero-order valence-electron chi connectivity index (χ0n) is 11.1. The third kappa shape index (κ3) is 2.19. The highest BCUT2D eigenvalue weighted by atomic mass is 16.6. The molecule has 1 aliphatic heterocycles. The maximum Gasteiger partial charge on any atom is 0.271 e. The lowest BCUT2D eigenvalue weighted by atomic mass is 9.93. The van der Waals surface area contributed by atoms with Gasteiger partial charge in [-0.25, -0.2) is 0 Å². The van der Waals surface area contributed by atoms with E-state index in [4.69, 9.17) is 0 Å². The molecule has 0 aromatic heterocycles. The van der Waals surface area contributed by atoms with Crippen LogP contribution in [0.3, 0.4) is 0 Å². The molecule has 0 N–H and O–H groups in total. The van der Waals surface area contributed by atoms with Gasteiger partial charge in [0.05, 0.1) is 10.6 Å². The smallest absolute Gasteiger partial charge is 0.271 e. The van der Waals surface area contributed by atoms with Gasteiger partial charge in [-0.05, 0) is 31.2 Å². The van der Waals surface area contributed by atoms with Gasteiger partial charge < -0.3 is 4.90 Å². The van der Waals surface area contributed by atoms with Crippen LogP contribution >= 0.6 is 0 Å². The second-order valence-corrected chi connectivity index (χ2v) is 5.29. The van der Waals surface area contributed by atoms with E-state index in [1.54, 1.807) is 11.0 Å². The number of anilines is 1. The number of benzene rings is 1. The summed E-state index contributed by atoms with van der Waals surface area (Å²) in [6.45, 7) is 0.634. The van der Waals surface area contributed by atoms with Crippen molar-refractivity contribution in [2.24, 2.45) is 5.92 Å². The first-order valence-corrected chi connectivity index (χ1v) is 6.90. The Labute approximate surface area is 117 Å². The molecular formula is C15H16N2O3. The lowest BCUT2D eigenvalue weighted by Crippen LogP contribution is -2.35. The number of amides is 1. The quantitative estimate of drug-likeness (QED) is 0.472. The summed E-state index contributed by atoms with van der Waals surface area (Å²) >= 11 is 0. The normalized spacial score (nSPS) is 20.8. The minimum Gasteiger partial charge on any atom is -0.311 e. The molecule has 0 radical (unpaired) electrons. The zero-order valence-corrected chi connectivity index (χ0v) is 11.1. The van der Waals surface area contributed by atoms with E-state index in [0.717, 1.165) is 36.9 Å². The summed E-state index contributed by atoms with van der Waals surface area (Å²) in [6, 6.07) is 4.80. The van der Waals surface area contributed by atoms with Crippen LogP contribution in [0, 0.1) is 16.0 Å². The fourth-order valence-electron chi connectivity index (χ4n) is 2.95. The standard InChI is InChI=1S/C15H16N2O3/c18-15(12-4-2-1-3-5-12)16-9-8-11-6-7-13(17(19)20)10-14(11)16/h1-2,6-7,10,12H,3-5,8-9H2/t12-/m0/s1. The number of hydrogen-bond acceptors (Lipinski definition) is 3. The number of nitro groups is 1. The Bertz CT molecular complexity index is 595. The summed E-state index contributed by atoms with van der Waals surface area (Å²) in [5.74, 6) is 0.124. The number of fused-ring (bicyclic) bond motifs is 1. The van der Waals surface area contributed by atoms with Crippen LogP contribution in [-0.2, 0) is 11.2 Å². The molecule has 0 spiro atoms. The van der Waals surface area contributed by atoms with Gasteiger partial charge >= 0.3 is 0 Å². The highest BCUT2D eigenvalue weighted by molar-refractivity contribution is 5.97. The van der Waals surface area contributed by atoms with Crippen molar-refractivity contribution >= 4 is 17.3 Å². The largest absolute Gasteiger partial charge is 0.311 e. The fourth-order valence-corrected chi connectivity index (χ4v) is 2.95. The second-order valence-electron chi connectivity index (χ2n) is 5.29. The Hall–Kier alpha value is -2.17. The van der Waals surface area contributed by atoms with Gasteiger partial charge in [0.15, 0.2) is 0 Å². The molecule has 5 nitrogen and oxygen atoms in total. The van der Waals surface area contributed by atoms with Crippen LogP contribution in [0.1, 0.15) is 24.8 Å². The zero-order chi connectivity index (χ0) is 14.1. The summed E-state index contributed by atoms with van der Waals surface area (Å²) in [6.07, 6.45) is 7.52. The van der Waals surface area contributed by atoms with E-state index >= 15 is 0 Å². The van der Waals surface area contributed by atoms with Crippen molar-refractivity contribution in [2.45, 2.75) is 25.7 Å². The molecule has 0 unspecified atom stereocenters. The van der Waals surface area contributed by atoms with Crippen LogP contribution in [0.15, 0.2) is 30.4 Å². The molecule has 2 aliphatic rings. The van der Waals surface area contributed by atoms with E-state index in [1.165, 1.54) is 12.1 Å². The van der Waals surface area contributed by atoms with Gasteiger partial charge in [-0.1, -0.05) is 18.2 Å². The van der Waals surface area contributed by atoms with E-state index in [0.29, 0.717) is 6.54 Å². The first-order chi connectivity index (χ1) is 9.66. The Morgan fingerprint density at radius 3 is 2.90 bits per heavy atom. The number of allylic oxidation sites excluding steroid dienone is 2. The molecule has 1 aromatic rings. The van der Waals surface area contributed by atoms with Crippen molar-refractivity contribution in [3.05, 3.63) is 46.0 Å². The molecule has 3 rings (SSSR count). The summed E-state index contributed by atoms with van der Waals surface area (Å²) in [5.41, 5.74) is 1.79. The molecule has 5 heteroatoms. The topological polar surface area (TPSA) is 63.5 Å². The van der Waals surface area contributed by atoms with E-state index in [-0.39, 0.29) is 17.5 Å². The fraction of sp³-hybridized carbons (Fsp3) is 0.400. The minimum absolute atomic E-state index is 0.0187. The Kier molecular flexibility index (Phi) is 3.26. The maximum atomic E-state index is 12.6. The number of rotatable bonds is 2. The second kappa shape index (κ2) is 5.07. The molecule has 0 bridgehead atoms. The van der Waals surface area contributed by atoms with Crippen molar-refractivity contribution in [1.29, 1.82) is 0 Å². The monoisotopic (exact) mass is 272 g/mol. The number of hydrogen-bond donors (Lipinski definition) is 0. The third-order valence-corrected chi connectivity index (χ3v) is 4.06. The Morgan fingerprint density at radius 1 is 1.35 bits per heavy atom. The van der Waals surface area contributed by atoms with Crippen LogP contribution in [0.4, 0.5) is 11.4 Å². The average molecular weight is 272 g/mol. The van der Waals surface area contributed by atoms with Crippen molar-refractivity contribution in [3.63, 3.8) is 0 Å². The van der Waals surface area contributed by atoms with E-state index in [9.17, 15) is 14.9 Å². The summed E-state index contributed by atoms with van der Waals surface area (Å²) in [5, 5.41) is 10.9. The molecule has 1 amide bonds. The van der Waals surface area contributed by atoms with Crippen LogP contribution < -0.4 is 4.90 Å². The molecule has 1 aromatic carbocycles. The molecule has 104 valence electrons. The van der Waals surface area contributed by atoms with Gasteiger partial charge in [-0.2, -0.15) is 0 Å². The van der Waals surface area contributed by atoms with Gasteiger partial charge in [0.2, 0.25) is 5.91 Å². The number of nitrogens with zero attached hydrogens (tertiary/aromatic N) is 2. The van der Waals surface area contributed by atoms with Crippen LogP contribution in [-0.4, -0.2) is 17.4 Å². The molecule has 0 saturated carbocycles. The van der Waals surface area contributed by atoms with E-state index in [1.807, 2.05) is 0 Å². The number of carbonyl (C=O) groups excluding carboxylic acids is 1. The first-order valence-electron chi connectivity index (χ1n) is 6.90. The maximum absolute atomic E-state index is 12.6. The van der Waals surface area contributed by atoms with E-state index < -0.39 is 4.92 Å². The van der Waals surface area contributed by atoms with Gasteiger partial charge in [-0.3, -0.25) is 14.9 Å². The van der Waals surface area contributed by atoms with Crippen LogP contribution in [0.2, 0.25) is 0 Å². The van der Waals surface area contributed by atoms with Crippen molar-refractivity contribution in [2.75, 3.05) is 11.4 Å². The number of non-ortho nitro benzene ring substituents is 1. The Balaban J connectivity index is 1.87. The van der Waals surface area contributed by atoms with Gasteiger partial charge in [0.25, 0.3) is 5.69 Å². The lowest BCUT2D eigenvalue weighted by molar-refractivity contribution is -0.384. The molecular weight excluding hydrogens is 256 g/mol. The van der Waals surface area contributed by atoms with Crippen molar-refractivity contribution in [1.82, 2.24) is 0 Å². The molecule has 0 saturated heterocycles. The number of nitro benzene ring substituents is 1. The predicted octanol–water partition coefficient (Wildman–Crippen LogP) is 2.84. The van der Waals surface area contributed by atoms with Gasteiger partial charge in [0.1, 0.15) is 0 Å². The summed E-state index contributed by atoms with van der Waals surface area (Å²) < 4.78 is 0. The number of carbonyl (C=O) groups is 1. The molecule has 20 heavy (non-hydrogen) atoms. The molecule has 1 aliphatic carbocycles. The first kappa shape index (κ1) is 12.8.